The fourth-order valence-electron chi connectivity index (χ4n) is 3.70. The molecular weight excluding hydrogens is 342 g/mol. The molecule has 0 unspecified atom stereocenters. The molecule has 0 aliphatic carbocycles. The fraction of sp³-hybridized carbons (Fsp3) is 0.750. The van der Waals surface area contributed by atoms with E-state index in [1.165, 1.54) is 4.31 Å². The molecule has 0 radical (unpaired) electrons. The maximum atomic E-state index is 12.8. The number of hydrogen-bond acceptors (Lipinski definition) is 5. The number of nitrogens with zero attached hydrogens (tertiary/aromatic N) is 2. The van der Waals surface area contributed by atoms with E-state index in [4.69, 9.17) is 0 Å². The number of piperidine rings is 2. The van der Waals surface area contributed by atoms with Gasteiger partial charge in [-0.1, -0.05) is 0 Å². The summed E-state index contributed by atoms with van der Waals surface area (Å²) < 4.78 is 27.2. The number of aromatic nitrogens is 2. The first-order chi connectivity index (χ1) is 11.9. The number of aryl methyl sites for hydroxylation is 2. The summed E-state index contributed by atoms with van der Waals surface area (Å²) in [7, 11) is -3.56. The lowest BCUT2D eigenvalue weighted by molar-refractivity contribution is -0.126. The van der Waals surface area contributed by atoms with Gasteiger partial charge in [-0.25, -0.2) is 8.42 Å². The molecule has 3 rings (SSSR count). The van der Waals surface area contributed by atoms with Crippen molar-refractivity contribution in [1.82, 2.24) is 25.1 Å². The van der Waals surface area contributed by atoms with Crippen molar-refractivity contribution in [2.24, 2.45) is 5.92 Å². The van der Waals surface area contributed by atoms with Crippen molar-refractivity contribution in [3.8, 4) is 0 Å². The lowest BCUT2D eigenvalue weighted by atomic mass is 9.96. The summed E-state index contributed by atoms with van der Waals surface area (Å²) in [6, 6.07) is 0.194. The zero-order chi connectivity index (χ0) is 18.0. The minimum atomic E-state index is -3.56. The monoisotopic (exact) mass is 369 g/mol. The number of amides is 1. The van der Waals surface area contributed by atoms with Gasteiger partial charge in [-0.2, -0.15) is 9.40 Å². The summed E-state index contributed by atoms with van der Waals surface area (Å²) in [4.78, 5) is 12.7. The number of nitrogens with one attached hydrogen (secondary N) is 3. The third-order valence-electron chi connectivity index (χ3n) is 5.13. The summed E-state index contributed by atoms with van der Waals surface area (Å²) in [5.41, 5.74) is 1.05. The average molecular weight is 369 g/mol. The lowest BCUT2D eigenvalue weighted by Crippen LogP contribution is -2.49. The molecule has 0 spiro atoms. The number of aromatic amines is 1. The van der Waals surface area contributed by atoms with Crippen LogP contribution in [0.1, 0.15) is 37.1 Å². The molecule has 0 aromatic carbocycles. The first-order valence-corrected chi connectivity index (χ1v) is 10.4. The van der Waals surface area contributed by atoms with Crippen LogP contribution in [-0.4, -0.2) is 61.0 Å². The zero-order valence-electron chi connectivity index (χ0n) is 14.8. The number of H-pyrrole nitrogens is 1. The van der Waals surface area contributed by atoms with Gasteiger partial charge in [-0.05, 0) is 46.1 Å². The average Bonchev–Trinajstić information content (AvgIpc) is 2.95. The molecule has 3 heterocycles. The first-order valence-electron chi connectivity index (χ1n) is 8.92. The molecule has 2 saturated heterocycles. The van der Waals surface area contributed by atoms with E-state index in [-0.39, 0.29) is 22.8 Å². The Balaban J connectivity index is 1.59. The Bertz CT molecular complexity index is 697. The van der Waals surface area contributed by atoms with Crippen molar-refractivity contribution in [2.75, 3.05) is 26.2 Å². The highest BCUT2D eigenvalue weighted by molar-refractivity contribution is 7.89. The Morgan fingerprint density at radius 2 is 1.96 bits per heavy atom. The number of carbonyl (C=O) groups is 1. The summed E-state index contributed by atoms with van der Waals surface area (Å²) in [5, 5.41) is 13.1. The van der Waals surface area contributed by atoms with Crippen molar-refractivity contribution in [1.29, 1.82) is 0 Å². The summed E-state index contributed by atoms with van der Waals surface area (Å²) in [6.45, 7) is 5.97. The highest BCUT2D eigenvalue weighted by atomic mass is 32.2. The number of hydrogen-bond donors (Lipinski definition) is 3. The molecule has 0 bridgehead atoms. The van der Waals surface area contributed by atoms with Crippen LogP contribution in [-0.2, 0) is 14.8 Å². The second-order valence-electron chi connectivity index (χ2n) is 6.99. The molecule has 9 heteroatoms. The van der Waals surface area contributed by atoms with E-state index < -0.39 is 10.0 Å². The molecule has 2 aliphatic heterocycles. The Morgan fingerprint density at radius 3 is 2.52 bits per heavy atom. The Hall–Kier alpha value is -1.45. The first kappa shape index (κ1) is 18.3. The summed E-state index contributed by atoms with van der Waals surface area (Å²) >= 11 is 0. The van der Waals surface area contributed by atoms with Gasteiger partial charge in [0.2, 0.25) is 15.9 Å². The van der Waals surface area contributed by atoms with E-state index in [0.717, 1.165) is 25.9 Å². The van der Waals surface area contributed by atoms with Crippen molar-refractivity contribution < 1.29 is 13.2 Å². The zero-order valence-corrected chi connectivity index (χ0v) is 15.7. The molecule has 2 fully saturated rings. The Kier molecular flexibility index (Phi) is 5.45. The normalized spacial score (nSPS) is 23.5. The molecule has 1 aromatic heterocycles. The van der Waals surface area contributed by atoms with Crippen molar-refractivity contribution in [2.45, 2.75) is 50.5 Å². The van der Waals surface area contributed by atoms with Crippen LogP contribution >= 0.6 is 0 Å². The van der Waals surface area contributed by atoms with Gasteiger partial charge in [0, 0.05) is 31.6 Å². The van der Waals surface area contributed by atoms with Crippen LogP contribution in [0.5, 0.6) is 0 Å². The largest absolute Gasteiger partial charge is 0.352 e. The SMILES string of the molecule is Cc1n[nH]c(C)c1S(=O)(=O)N1CCC(C(=O)N[C@H]2CCCNC2)CC1. The maximum Gasteiger partial charge on any atom is 0.246 e. The number of sulfonamides is 1. The second kappa shape index (κ2) is 7.43. The fourth-order valence-corrected chi connectivity index (χ4v) is 5.50. The van der Waals surface area contributed by atoms with Gasteiger partial charge in [-0.15, -0.1) is 0 Å². The van der Waals surface area contributed by atoms with E-state index in [1.807, 2.05) is 0 Å². The molecule has 1 atom stereocenters. The van der Waals surface area contributed by atoms with Gasteiger partial charge >= 0.3 is 0 Å². The molecule has 140 valence electrons. The molecular formula is C16H27N5O3S. The molecule has 1 aromatic rings. The Morgan fingerprint density at radius 1 is 1.24 bits per heavy atom. The van der Waals surface area contributed by atoms with Crippen molar-refractivity contribution >= 4 is 15.9 Å². The number of rotatable bonds is 4. The summed E-state index contributed by atoms with van der Waals surface area (Å²) in [5.74, 6) is -0.0543. The van der Waals surface area contributed by atoms with E-state index in [2.05, 4.69) is 20.8 Å². The van der Waals surface area contributed by atoms with Crippen molar-refractivity contribution in [3.05, 3.63) is 11.4 Å². The highest BCUT2D eigenvalue weighted by Crippen LogP contribution is 2.27. The molecule has 1 amide bonds. The molecule has 2 aliphatic rings. The van der Waals surface area contributed by atoms with Crippen LogP contribution in [0.3, 0.4) is 0 Å². The third-order valence-corrected chi connectivity index (χ3v) is 7.29. The molecule has 0 saturated carbocycles. The highest BCUT2D eigenvalue weighted by Gasteiger charge is 2.35. The van der Waals surface area contributed by atoms with Crippen LogP contribution in [0.25, 0.3) is 0 Å². The predicted molar refractivity (Wildman–Crippen MR) is 93.6 cm³/mol. The van der Waals surface area contributed by atoms with Crippen LogP contribution in [0.2, 0.25) is 0 Å². The van der Waals surface area contributed by atoms with E-state index >= 15 is 0 Å². The maximum absolute atomic E-state index is 12.8. The van der Waals surface area contributed by atoms with Gasteiger partial charge in [0.25, 0.3) is 0 Å². The van der Waals surface area contributed by atoms with Crippen molar-refractivity contribution in [3.63, 3.8) is 0 Å². The second-order valence-corrected chi connectivity index (χ2v) is 8.87. The van der Waals surface area contributed by atoms with E-state index in [1.54, 1.807) is 13.8 Å². The van der Waals surface area contributed by atoms with Crippen LogP contribution in [0, 0.1) is 19.8 Å². The molecule has 3 N–H and O–H groups in total. The lowest BCUT2D eigenvalue weighted by Gasteiger charge is -2.32. The van der Waals surface area contributed by atoms with Crippen LogP contribution in [0.4, 0.5) is 0 Å². The Labute approximate surface area is 148 Å². The molecule has 8 nitrogen and oxygen atoms in total. The van der Waals surface area contributed by atoms with Gasteiger partial charge in [0.1, 0.15) is 4.90 Å². The quantitative estimate of drug-likeness (QED) is 0.707. The minimum absolute atomic E-state index is 0.0569. The van der Waals surface area contributed by atoms with Gasteiger partial charge in [-0.3, -0.25) is 9.89 Å². The topological polar surface area (TPSA) is 107 Å². The van der Waals surface area contributed by atoms with Gasteiger partial charge in [0.15, 0.2) is 0 Å². The molecule has 25 heavy (non-hydrogen) atoms. The minimum Gasteiger partial charge on any atom is -0.352 e. The summed E-state index contributed by atoms with van der Waals surface area (Å²) in [6.07, 6.45) is 3.19. The third kappa shape index (κ3) is 3.88. The predicted octanol–water partition coefficient (Wildman–Crippen LogP) is 0.295. The van der Waals surface area contributed by atoms with E-state index in [0.29, 0.717) is 37.3 Å². The number of carbonyl (C=O) groups excluding carboxylic acids is 1. The smallest absolute Gasteiger partial charge is 0.246 e. The van der Waals surface area contributed by atoms with E-state index in [9.17, 15) is 13.2 Å². The standard InChI is InChI=1S/C16H27N5O3S/c1-11-15(12(2)20-19-11)25(23,24)21-8-5-13(6-9-21)16(22)18-14-4-3-7-17-10-14/h13-14,17H,3-10H2,1-2H3,(H,18,22)(H,19,20)/t14-/m0/s1. The van der Waals surface area contributed by atoms with Gasteiger partial charge in [0.05, 0.1) is 11.4 Å². The van der Waals surface area contributed by atoms with Crippen LogP contribution in [0.15, 0.2) is 4.90 Å². The van der Waals surface area contributed by atoms with Crippen LogP contribution < -0.4 is 10.6 Å². The van der Waals surface area contributed by atoms with Gasteiger partial charge < -0.3 is 10.6 Å².